The molecule has 0 spiro atoms. The van der Waals surface area contributed by atoms with Gasteiger partial charge in [-0.15, -0.1) is 0 Å². The van der Waals surface area contributed by atoms with Gasteiger partial charge in [-0.3, -0.25) is 4.79 Å². The summed E-state index contributed by atoms with van der Waals surface area (Å²) < 4.78 is 10.8. The minimum Gasteiger partial charge on any atom is -0.504 e. The van der Waals surface area contributed by atoms with Gasteiger partial charge >= 0.3 is 0 Å². The molecule has 0 saturated carbocycles. The quantitative estimate of drug-likeness (QED) is 0.599. The SMILES string of the molecule is COc1cc(/C=C/C(=O)c2ccc(OCC#N)cc2)c(Br)cc1O. The molecule has 0 fully saturated rings. The summed E-state index contributed by atoms with van der Waals surface area (Å²) in [6.07, 6.45) is 3.07. The minimum absolute atomic E-state index is 0.0146. The number of hydrogen-bond donors (Lipinski definition) is 1. The van der Waals surface area contributed by atoms with Crippen molar-refractivity contribution in [2.75, 3.05) is 13.7 Å². The monoisotopic (exact) mass is 387 g/mol. The third-order valence-corrected chi connectivity index (χ3v) is 3.84. The number of halogens is 1. The summed E-state index contributed by atoms with van der Waals surface area (Å²) in [5.74, 6) is 0.689. The molecule has 5 nitrogen and oxygen atoms in total. The summed E-state index contributed by atoms with van der Waals surface area (Å²) in [4.78, 5) is 12.2. The molecule has 2 aromatic rings. The van der Waals surface area contributed by atoms with Gasteiger partial charge in [0, 0.05) is 10.0 Å². The molecule has 0 saturated heterocycles. The number of ether oxygens (including phenoxy) is 2. The summed E-state index contributed by atoms with van der Waals surface area (Å²) >= 11 is 3.33. The number of methoxy groups -OCH3 is 1. The Morgan fingerprint density at radius 1 is 1.33 bits per heavy atom. The molecule has 122 valence electrons. The van der Waals surface area contributed by atoms with Crippen molar-refractivity contribution < 1.29 is 19.4 Å². The zero-order chi connectivity index (χ0) is 17.5. The fourth-order valence-electron chi connectivity index (χ4n) is 1.94. The lowest BCUT2D eigenvalue weighted by atomic mass is 10.1. The highest BCUT2D eigenvalue weighted by atomic mass is 79.9. The Balaban J connectivity index is 2.14. The molecule has 2 aromatic carbocycles. The Hall–Kier alpha value is -2.78. The predicted molar refractivity (Wildman–Crippen MR) is 93.3 cm³/mol. The van der Waals surface area contributed by atoms with Crippen LogP contribution in [0.4, 0.5) is 0 Å². The smallest absolute Gasteiger partial charge is 0.185 e. The molecule has 0 aromatic heterocycles. The van der Waals surface area contributed by atoms with E-state index in [1.165, 1.54) is 19.3 Å². The summed E-state index contributed by atoms with van der Waals surface area (Å²) in [6, 6.07) is 11.5. The number of carbonyl (C=O) groups is 1. The van der Waals surface area contributed by atoms with Gasteiger partial charge in [0.1, 0.15) is 11.8 Å². The predicted octanol–water partition coefficient (Wildman–Crippen LogP) is 3.96. The van der Waals surface area contributed by atoms with Crippen molar-refractivity contribution in [3.63, 3.8) is 0 Å². The lowest BCUT2D eigenvalue weighted by molar-refractivity contribution is 0.104. The zero-order valence-corrected chi connectivity index (χ0v) is 14.4. The number of hydrogen-bond acceptors (Lipinski definition) is 5. The summed E-state index contributed by atoms with van der Waals surface area (Å²) in [5, 5.41) is 18.1. The number of nitriles is 1. The van der Waals surface area contributed by atoms with Crippen molar-refractivity contribution in [3.8, 4) is 23.3 Å². The van der Waals surface area contributed by atoms with Crippen LogP contribution in [-0.4, -0.2) is 24.6 Å². The largest absolute Gasteiger partial charge is 0.504 e. The van der Waals surface area contributed by atoms with Crippen molar-refractivity contribution in [3.05, 3.63) is 58.1 Å². The zero-order valence-electron chi connectivity index (χ0n) is 12.8. The molecule has 0 bridgehead atoms. The van der Waals surface area contributed by atoms with E-state index >= 15 is 0 Å². The van der Waals surface area contributed by atoms with Crippen molar-refractivity contribution >= 4 is 27.8 Å². The fourth-order valence-corrected chi connectivity index (χ4v) is 2.41. The molecule has 0 aliphatic carbocycles. The number of allylic oxidation sites excluding steroid dienone is 1. The normalized spacial score (nSPS) is 10.4. The molecule has 6 heteroatoms. The Labute approximate surface area is 147 Å². The number of rotatable bonds is 6. The van der Waals surface area contributed by atoms with Crippen LogP contribution >= 0.6 is 15.9 Å². The third kappa shape index (κ3) is 4.37. The molecular weight excluding hydrogens is 374 g/mol. The molecule has 0 aliphatic rings. The van der Waals surface area contributed by atoms with Gasteiger partial charge in [-0.05, 0) is 54.1 Å². The first-order valence-electron chi connectivity index (χ1n) is 6.94. The Bertz CT molecular complexity index is 807. The van der Waals surface area contributed by atoms with Crippen molar-refractivity contribution in [2.24, 2.45) is 0 Å². The van der Waals surface area contributed by atoms with E-state index in [0.29, 0.717) is 27.1 Å². The summed E-state index contributed by atoms with van der Waals surface area (Å²) in [6.45, 7) is -0.0378. The number of carbonyl (C=O) groups excluding carboxylic acids is 1. The maximum absolute atomic E-state index is 12.2. The van der Waals surface area contributed by atoms with Crippen LogP contribution in [0.15, 0.2) is 46.9 Å². The lowest BCUT2D eigenvalue weighted by Crippen LogP contribution is -1.96. The van der Waals surface area contributed by atoms with Crippen LogP contribution in [0.2, 0.25) is 0 Å². The summed E-state index contributed by atoms with van der Waals surface area (Å²) in [7, 11) is 1.46. The topological polar surface area (TPSA) is 79.5 Å². The van der Waals surface area contributed by atoms with Crippen molar-refractivity contribution in [2.45, 2.75) is 0 Å². The highest BCUT2D eigenvalue weighted by Gasteiger charge is 2.07. The Morgan fingerprint density at radius 3 is 2.67 bits per heavy atom. The van der Waals surface area contributed by atoms with E-state index in [1.807, 2.05) is 6.07 Å². The van der Waals surface area contributed by atoms with E-state index in [2.05, 4.69) is 15.9 Å². The summed E-state index contributed by atoms with van der Waals surface area (Å²) in [5.41, 5.74) is 1.20. The number of phenolic OH excluding ortho intramolecular Hbond substituents is 1. The number of ketones is 1. The number of aromatic hydroxyl groups is 1. The molecular formula is C18H14BrNO4. The van der Waals surface area contributed by atoms with E-state index in [-0.39, 0.29) is 18.1 Å². The number of benzene rings is 2. The molecule has 0 aliphatic heterocycles. The van der Waals surface area contributed by atoms with E-state index < -0.39 is 0 Å². The molecule has 0 radical (unpaired) electrons. The van der Waals surface area contributed by atoms with Gasteiger partial charge in [-0.2, -0.15) is 5.26 Å². The van der Waals surface area contributed by atoms with Crippen molar-refractivity contribution in [1.29, 1.82) is 5.26 Å². The van der Waals surface area contributed by atoms with Crippen LogP contribution < -0.4 is 9.47 Å². The van der Waals surface area contributed by atoms with Gasteiger partial charge < -0.3 is 14.6 Å². The molecule has 0 heterocycles. The van der Waals surface area contributed by atoms with Crippen LogP contribution in [0.3, 0.4) is 0 Å². The first-order chi connectivity index (χ1) is 11.5. The number of phenols is 1. The third-order valence-electron chi connectivity index (χ3n) is 3.15. The van der Waals surface area contributed by atoms with Gasteiger partial charge in [-0.1, -0.05) is 15.9 Å². The van der Waals surface area contributed by atoms with E-state index in [9.17, 15) is 9.90 Å². The van der Waals surface area contributed by atoms with Gasteiger partial charge in [0.25, 0.3) is 0 Å². The van der Waals surface area contributed by atoms with Crippen LogP contribution in [0.5, 0.6) is 17.2 Å². The van der Waals surface area contributed by atoms with Gasteiger partial charge in [0.05, 0.1) is 7.11 Å². The van der Waals surface area contributed by atoms with Gasteiger partial charge in [0.15, 0.2) is 23.9 Å². The van der Waals surface area contributed by atoms with Crippen LogP contribution in [0.25, 0.3) is 6.08 Å². The van der Waals surface area contributed by atoms with Crippen LogP contribution in [-0.2, 0) is 0 Å². The second kappa shape index (κ2) is 8.18. The molecule has 24 heavy (non-hydrogen) atoms. The standard InChI is InChI=1S/C18H14BrNO4/c1-23-18-10-13(15(19)11-17(18)22)4-7-16(21)12-2-5-14(6-3-12)24-9-8-20/h2-7,10-11,22H,9H2,1H3/b7-4+. The molecule has 0 amide bonds. The molecule has 2 rings (SSSR count). The highest BCUT2D eigenvalue weighted by Crippen LogP contribution is 2.33. The fraction of sp³-hybridized carbons (Fsp3) is 0.111. The van der Waals surface area contributed by atoms with Gasteiger partial charge in [-0.25, -0.2) is 0 Å². The molecule has 0 atom stereocenters. The molecule has 0 unspecified atom stereocenters. The van der Waals surface area contributed by atoms with E-state index in [0.717, 1.165) is 0 Å². The second-order valence-electron chi connectivity index (χ2n) is 4.71. The van der Waals surface area contributed by atoms with Gasteiger partial charge in [0.2, 0.25) is 0 Å². The van der Waals surface area contributed by atoms with Crippen LogP contribution in [0.1, 0.15) is 15.9 Å². The Morgan fingerprint density at radius 2 is 2.04 bits per heavy atom. The average molecular weight is 388 g/mol. The maximum Gasteiger partial charge on any atom is 0.185 e. The first-order valence-corrected chi connectivity index (χ1v) is 7.73. The highest BCUT2D eigenvalue weighted by molar-refractivity contribution is 9.10. The van der Waals surface area contributed by atoms with E-state index in [4.69, 9.17) is 14.7 Å². The molecule has 1 N–H and O–H groups in total. The van der Waals surface area contributed by atoms with Crippen LogP contribution in [0, 0.1) is 11.3 Å². The first kappa shape index (κ1) is 17.6. The van der Waals surface area contributed by atoms with E-state index in [1.54, 1.807) is 36.4 Å². The second-order valence-corrected chi connectivity index (χ2v) is 5.57. The maximum atomic E-state index is 12.2. The lowest BCUT2D eigenvalue weighted by Gasteiger charge is -2.06. The number of nitrogens with zero attached hydrogens (tertiary/aromatic N) is 1. The van der Waals surface area contributed by atoms with Crippen molar-refractivity contribution in [1.82, 2.24) is 0 Å². The minimum atomic E-state index is -0.180. The Kier molecular flexibility index (Phi) is 5.99. The average Bonchev–Trinajstić information content (AvgIpc) is 2.59.